The van der Waals surface area contributed by atoms with Crippen LogP contribution in [-0.2, 0) is 11.2 Å². The summed E-state index contributed by atoms with van der Waals surface area (Å²) in [6.45, 7) is 0.795. The Morgan fingerprint density at radius 2 is 1.84 bits per heavy atom. The fraction of sp³-hybridized carbons (Fsp3) is 0.316. The van der Waals surface area contributed by atoms with E-state index in [4.69, 9.17) is 21.1 Å². The van der Waals surface area contributed by atoms with E-state index >= 15 is 0 Å². The first-order valence-electron chi connectivity index (χ1n) is 8.10. The maximum atomic E-state index is 11.3. The van der Waals surface area contributed by atoms with Crippen LogP contribution in [0.2, 0.25) is 5.02 Å². The molecule has 2 aromatic carbocycles. The molecule has 1 aliphatic rings. The maximum Gasteiger partial charge on any atom is 0.359 e. The number of halogens is 1. The van der Waals surface area contributed by atoms with Crippen LogP contribution in [0.4, 0.5) is 0 Å². The number of quaternary nitrogens is 1. The second kappa shape index (κ2) is 7.33. The van der Waals surface area contributed by atoms with Crippen LogP contribution in [0.5, 0.6) is 11.5 Å². The molecule has 0 bridgehead atoms. The second-order valence-corrected chi connectivity index (χ2v) is 6.56. The van der Waals surface area contributed by atoms with Crippen molar-refractivity contribution in [1.29, 1.82) is 0 Å². The molecular weight excluding hydrogens is 342 g/mol. The van der Waals surface area contributed by atoms with Gasteiger partial charge in [0.25, 0.3) is 0 Å². The van der Waals surface area contributed by atoms with E-state index in [1.54, 1.807) is 14.2 Å². The highest BCUT2D eigenvalue weighted by Crippen LogP contribution is 2.36. The molecule has 6 heteroatoms. The lowest BCUT2D eigenvalue weighted by molar-refractivity contribution is -0.920. The molecule has 0 saturated carbocycles. The van der Waals surface area contributed by atoms with Gasteiger partial charge in [0.05, 0.1) is 20.8 Å². The number of carbonyl (C=O) groups is 1. The molecular formula is C19H21ClNO4+. The van der Waals surface area contributed by atoms with Gasteiger partial charge < -0.3 is 19.5 Å². The fourth-order valence-electron chi connectivity index (χ4n) is 3.54. The number of benzene rings is 2. The van der Waals surface area contributed by atoms with E-state index in [0.29, 0.717) is 16.5 Å². The zero-order chi connectivity index (χ0) is 18.0. The summed E-state index contributed by atoms with van der Waals surface area (Å²) in [5, 5.41) is 9.98. The average Bonchev–Trinajstić information content (AvgIpc) is 2.61. The van der Waals surface area contributed by atoms with Crippen LogP contribution in [0.3, 0.4) is 0 Å². The zero-order valence-corrected chi connectivity index (χ0v) is 15.0. The topological polar surface area (TPSA) is 60.2 Å². The quantitative estimate of drug-likeness (QED) is 0.853. The Balaban J connectivity index is 2.12. The lowest BCUT2D eigenvalue weighted by Gasteiger charge is -2.34. The third kappa shape index (κ3) is 3.57. The average molecular weight is 363 g/mol. The summed E-state index contributed by atoms with van der Waals surface area (Å²) in [4.78, 5) is 12.3. The van der Waals surface area contributed by atoms with E-state index in [1.807, 2.05) is 36.4 Å². The number of aliphatic carboxylic acids is 1. The number of rotatable bonds is 5. The number of carboxylic acid groups (broad SMARTS) is 1. The first kappa shape index (κ1) is 17.6. The van der Waals surface area contributed by atoms with Crippen molar-refractivity contribution in [3.63, 3.8) is 0 Å². The lowest BCUT2D eigenvalue weighted by Crippen LogP contribution is -3.14. The maximum absolute atomic E-state index is 11.3. The van der Waals surface area contributed by atoms with Gasteiger partial charge in [-0.05, 0) is 29.8 Å². The van der Waals surface area contributed by atoms with Crippen molar-refractivity contribution in [3.8, 4) is 11.5 Å². The minimum atomic E-state index is -0.808. The van der Waals surface area contributed by atoms with Crippen molar-refractivity contribution >= 4 is 17.6 Å². The van der Waals surface area contributed by atoms with Gasteiger partial charge >= 0.3 is 5.97 Å². The Hall–Kier alpha value is -2.24. The third-order valence-corrected chi connectivity index (χ3v) is 4.91. The standard InChI is InChI=1S/C19H20ClNO4/c1-24-16-9-13-7-8-21(11-18(22)23)19(15(13)10-17(16)25-2)12-3-5-14(20)6-4-12/h3-6,9-10,19H,7-8,11H2,1-2H3,(H,22,23)/p+1. The van der Waals surface area contributed by atoms with Crippen LogP contribution in [0.15, 0.2) is 36.4 Å². The Labute approximate surface area is 151 Å². The summed E-state index contributed by atoms with van der Waals surface area (Å²) in [6, 6.07) is 11.5. The molecule has 1 aliphatic heterocycles. The van der Waals surface area contributed by atoms with Crippen LogP contribution in [0, 0.1) is 0 Å². The number of hydrogen-bond acceptors (Lipinski definition) is 3. The van der Waals surface area contributed by atoms with Gasteiger partial charge in [-0.2, -0.15) is 0 Å². The van der Waals surface area contributed by atoms with Crippen molar-refractivity contribution in [3.05, 3.63) is 58.1 Å². The minimum absolute atomic E-state index is 0.0566. The summed E-state index contributed by atoms with van der Waals surface area (Å²) in [7, 11) is 3.22. The number of ether oxygens (including phenoxy) is 2. The van der Waals surface area contributed by atoms with Crippen molar-refractivity contribution in [2.45, 2.75) is 12.5 Å². The molecule has 2 aromatic rings. The summed E-state index contributed by atoms with van der Waals surface area (Å²) in [6.07, 6.45) is 0.794. The molecule has 132 valence electrons. The highest BCUT2D eigenvalue weighted by molar-refractivity contribution is 6.30. The summed E-state index contributed by atoms with van der Waals surface area (Å²) in [5.41, 5.74) is 3.27. The highest BCUT2D eigenvalue weighted by Gasteiger charge is 2.34. The Morgan fingerprint density at radius 3 is 2.44 bits per heavy atom. The first-order valence-corrected chi connectivity index (χ1v) is 8.48. The van der Waals surface area contributed by atoms with Crippen molar-refractivity contribution in [2.75, 3.05) is 27.3 Å². The molecule has 1 heterocycles. The first-order chi connectivity index (χ1) is 12.0. The predicted molar refractivity (Wildman–Crippen MR) is 94.9 cm³/mol. The number of hydrogen-bond donors (Lipinski definition) is 2. The van der Waals surface area contributed by atoms with Gasteiger partial charge in [0.2, 0.25) is 0 Å². The summed E-state index contributed by atoms with van der Waals surface area (Å²) >= 11 is 6.02. The molecule has 0 aliphatic carbocycles. The van der Waals surface area contributed by atoms with E-state index in [1.165, 1.54) is 0 Å². The molecule has 2 unspecified atom stereocenters. The highest BCUT2D eigenvalue weighted by atomic mass is 35.5. The molecule has 2 atom stereocenters. The molecule has 0 saturated heterocycles. The predicted octanol–water partition coefficient (Wildman–Crippen LogP) is 1.97. The van der Waals surface area contributed by atoms with Crippen molar-refractivity contribution in [2.24, 2.45) is 0 Å². The van der Waals surface area contributed by atoms with Gasteiger partial charge in [-0.15, -0.1) is 0 Å². The van der Waals surface area contributed by atoms with Crippen LogP contribution in [-0.4, -0.2) is 38.4 Å². The van der Waals surface area contributed by atoms with Gasteiger partial charge in [0, 0.05) is 22.6 Å². The van der Waals surface area contributed by atoms with Crippen LogP contribution in [0.25, 0.3) is 0 Å². The molecule has 25 heavy (non-hydrogen) atoms. The normalized spacial score (nSPS) is 19.2. The van der Waals surface area contributed by atoms with Gasteiger partial charge in [0.1, 0.15) is 6.04 Å². The van der Waals surface area contributed by atoms with Gasteiger partial charge in [-0.25, -0.2) is 4.79 Å². The molecule has 0 spiro atoms. The van der Waals surface area contributed by atoms with E-state index in [-0.39, 0.29) is 12.6 Å². The number of fused-ring (bicyclic) bond motifs is 1. The molecule has 2 N–H and O–H groups in total. The van der Waals surface area contributed by atoms with E-state index in [9.17, 15) is 9.90 Å². The van der Waals surface area contributed by atoms with E-state index < -0.39 is 5.97 Å². The van der Waals surface area contributed by atoms with Crippen molar-refractivity contribution < 1.29 is 24.3 Å². The monoisotopic (exact) mass is 362 g/mol. The SMILES string of the molecule is COc1cc2c(cc1OC)C(c1ccc(Cl)cc1)[NH+](CC(=O)O)CC2. The number of methoxy groups -OCH3 is 2. The van der Waals surface area contributed by atoms with E-state index in [0.717, 1.165) is 34.6 Å². The second-order valence-electron chi connectivity index (χ2n) is 6.12. The smallest absolute Gasteiger partial charge is 0.359 e. The largest absolute Gasteiger partial charge is 0.493 e. The van der Waals surface area contributed by atoms with Crippen LogP contribution < -0.4 is 14.4 Å². The van der Waals surface area contributed by atoms with Crippen molar-refractivity contribution in [1.82, 2.24) is 0 Å². The Morgan fingerprint density at radius 1 is 1.20 bits per heavy atom. The Bertz CT molecular complexity index is 776. The number of nitrogens with one attached hydrogen (secondary N) is 1. The Kier molecular flexibility index (Phi) is 5.16. The van der Waals surface area contributed by atoms with Gasteiger partial charge in [0.15, 0.2) is 18.0 Å². The molecule has 0 radical (unpaired) electrons. The molecule has 3 rings (SSSR count). The summed E-state index contributed by atoms with van der Waals surface area (Å²) < 4.78 is 10.9. The zero-order valence-electron chi connectivity index (χ0n) is 14.2. The van der Waals surface area contributed by atoms with E-state index in [2.05, 4.69) is 0 Å². The van der Waals surface area contributed by atoms with Gasteiger partial charge in [-0.3, -0.25) is 0 Å². The lowest BCUT2D eigenvalue weighted by atomic mass is 9.87. The molecule has 0 aromatic heterocycles. The number of carboxylic acids is 1. The van der Waals surface area contributed by atoms with Crippen LogP contribution >= 0.6 is 11.6 Å². The fourth-order valence-corrected chi connectivity index (χ4v) is 3.66. The molecule has 0 fully saturated rings. The molecule has 5 nitrogen and oxygen atoms in total. The summed E-state index contributed by atoms with van der Waals surface area (Å²) in [5.74, 6) is 0.535. The van der Waals surface area contributed by atoms with Gasteiger partial charge in [-0.1, -0.05) is 23.7 Å². The molecule has 0 amide bonds. The van der Waals surface area contributed by atoms with Crippen LogP contribution in [0.1, 0.15) is 22.7 Å². The third-order valence-electron chi connectivity index (χ3n) is 4.66. The minimum Gasteiger partial charge on any atom is -0.493 e.